The molecule has 0 saturated heterocycles. The Morgan fingerprint density at radius 2 is 1.38 bits per heavy atom. The Morgan fingerprint density at radius 1 is 0.750 bits per heavy atom. The van der Waals surface area contributed by atoms with Crippen molar-refractivity contribution in [2.24, 2.45) is 0 Å². The van der Waals surface area contributed by atoms with Gasteiger partial charge in [-0.3, -0.25) is 0 Å². The van der Waals surface area contributed by atoms with Gasteiger partial charge in [0.05, 0.1) is 0 Å². The molecule has 0 aliphatic heterocycles. The molecule has 3 rings (SSSR count). The number of aliphatic hydroxyl groups is 1. The molecule has 0 aromatic heterocycles. The molecular formula is C27H24O13. The Kier molecular flexibility index (Phi) is 9.04. The second-order valence-electron chi connectivity index (χ2n) is 8.42. The number of phenolic OH excluding ortho intramolecular Hbond substituents is 5. The van der Waals surface area contributed by atoms with Gasteiger partial charge < -0.3 is 50.3 Å². The van der Waals surface area contributed by atoms with Crippen LogP contribution in [0.5, 0.6) is 34.5 Å². The lowest BCUT2D eigenvalue weighted by Crippen LogP contribution is -2.33. The van der Waals surface area contributed by atoms with Gasteiger partial charge in [0, 0.05) is 12.5 Å². The molecule has 210 valence electrons. The number of hydrogen-bond acceptors (Lipinski definition) is 11. The molecule has 0 bridgehead atoms. The van der Waals surface area contributed by atoms with Gasteiger partial charge in [-0.25, -0.2) is 14.4 Å². The number of phenols is 5. The van der Waals surface area contributed by atoms with Crippen molar-refractivity contribution in [3.63, 3.8) is 0 Å². The number of hydrogen-bond donors (Lipinski definition) is 8. The number of carbonyl (C=O) groups excluding carboxylic acids is 1. The molecule has 0 radical (unpaired) electrons. The standard InChI is InChI=1S/C27H24O13/c28-16-5-2-14(9-19(16)31)11-22(26(35)36)39-23(33)8-3-13-1-6-18(30)21(10-13)40-25(27(37)38)24(34)15-4-7-17(29)20(32)12-15/h1-10,12,22,24-25,28-32,34H,11H2,(H,35,36)(H,37,38)/b8-3+/t22-,24+,25-/m1/s1. The van der Waals surface area contributed by atoms with Crippen molar-refractivity contribution in [2.45, 2.75) is 24.7 Å². The third-order valence-corrected chi connectivity index (χ3v) is 5.52. The second kappa shape index (κ2) is 12.4. The Labute approximate surface area is 225 Å². The Morgan fingerprint density at radius 3 is 1.98 bits per heavy atom. The predicted octanol–water partition coefficient (Wildman–Crippen LogP) is 2.03. The molecule has 3 aromatic carbocycles. The molecule has 3 atom stereocenters. The molecule has 0 unspecified atom stereocenters. The normalized spacial score (nSPS) is 13.3. The molecule has 0 aliphatic carbocycles. The van der Waals surface area contributed by atoms with E-state index in [0.717, 1.165) is 42.5 Å². The lowest BCUT2D eigenvalue weighted by molar-refractivity contribution is -0.160. The van der Waals surface area contributed by atoms with Gasteiger partial charge in [0.25, 0.3) is 0 Å². The smallest absolute Gasteiger partial charge is 0.348 e. The quantitative estimate of drug-likeness (QED) is 0.0961. The highest BCUT2D eigenvalue weighted by molar-refractivity contribution is 5.89. The zero-order chi connectivity index (χ0) is 29.6. The molecule has 13 heteroatoms. The molecule has 13 nitrogen and oxygen atoms in total. The molecule has 40 heavy (non-hydrogen) atoms. The SMILES string of the molecule is O=C(/C=C/c1ccc(O)c(O[C@@H](C(=O)O)[C@@H](O)c2ccc(O)c(O)c2)c1)O[C@H](Cc1ccc(O)c(O)c1)C(=O)O. The maximum Gasteiger partial charge on any atom is 0.348 e. The van der Waals surface area contributed by atoms with Gasteiger partial charge in [-0.05, 0) is 59.2 Å². The molecule has 0 spiro atoms. The summed E-state index contributed by atoms with van der Waals surface area (Å²) in [6, 6.07) is 10.4. The number of carboxylic acids is 2. The minimum Gasteiger partial charge on any atom is -0.504 e. The van der Waals surface area contributed by atoms with Crippen LogP contribution in [0.25, 0.3) is 6.08 Å². The van der Waals surface area contributed by atoms with Crippen molar-refractivity contribution < 1.29 is 64.7 Å². The molecule has 0 fully saturated rings. The zero-order valence-electron chi connectivity index (χ0n) is 20.4. The summed E-state index contributed by atoms with van der Waals surface area (Å²) in [6.45, 7) is 0. The highest BCUT2D eigenvalue weighted by Crippen LogP contribution is 2.33. The first-order chi connectivity index (χ1) is 18.8. The highest BCUT2D eigenvalue weighted by Gasteiger charge is 2.31. The average Bonchev–Trinajstić information content (AvgIpc) is 2.90. The van der Waals surface area contributed by atoms with Crippen molar-refractivity contribution in [3.05, 3.63) is 77.4 Å². The van der Waals surface area contributed by atoms with E-state index in [1.54, 1.807) is 0 Å². The van der Waals surface area contributed by atoms with Gasteiger partial charge >= 0.3 is 17.9 Å². The van der Waals surface area contributed by atoms with E-state index in [0.29, 0.717) is 0 Å². The van der Waals surface area contributed by atoms with Crippen LogP contribution in [0.4, 0.5) is 0 Å². The van der Waals surface area contributed by atoms with Gasteiger partial charge in [0.1, 0.15) is 6.10 Å². The number of esters is 1. The first kappa shape index (κ1) is 29.1. The molecule has 0 heterocycles. The van der Waals surface area contributed by atoms with Crippen LogP contribution in [0, 0.1) is 0 Å². The summed E-state index contributed by atoms with van der Waals surface area (Å²) in [6.07, 6.45) is -3.68. The Balaban J connectivity index is 1.73. The van der Waals surface area contributed by atoms with Gasteiger partial charge in [-0.2, -0.15) is 0 Å². The number of carbonyl (C=O) groups is 3. The summed E-state index contributed by atoms with van der Waals surface area (Å²) < 4.78 is 10.3. The van der Waals surface area contributed by atoms with Crippen LogP contribution in [0.1, 0.15) is 22.8 Å². The first-order valence-electron chi connectivity index (χ1n) is 11.4. The number of rotatable bonds is 11. The largest absolute Gasteiger partial charge is 0.504 e. The van der Waals surface area contributed by atoms with Crippen LogP contribution >= 0.6 is 0 Å². The van der Waals surface area contributed by atoms with E-state index in [9.17, 15) is 55.2 Å². The van der Waals surface area contributed by atoms with Crippen molar-refractivity contribution in [2.75, 3.05) is 0 Å². The van der Waals surface area contributed by atoms with Crippen LogP contribution in [0.15, 0.2) is 60.7 Å². The summed E-state index contributed by atoms with van der Waals surface area (Å²) in [5.41, 5.74) is 0.370. The van der Waals surface area contributed by atoms with Gasteiger partial charge in [0.2, 0.25) is 12.2 Å². The van der Waals surface area contributed by atoms with Crippen molar-refractivity contribution in [1.82, 2.24) is 0 Å². The third kappa shape index (κ3) is 7.33. The van der Waals surface area contributed by atoms with Gasteiger partial charge in [0.15, 0.2) is 34.5 Å². The van der Waals surface area contributed by atoms with Crippen LogP contribution in [-0.2, 0) is 25.5 Å². The van der Waals surface area contributed by atoms with E-state index in [-0.39, 0.29) is 28.9 Å². The van der Waals surface area contributed by atoms with Crippen molar-refractivity contribution in [1.29, 1.82) is 0 Å². The first-order valence-corrected chi connectivity index (χ1v) is 11.4. The molecule has 8 N–H and O–H groups in total. The lowest BCUT2D eigenvalue weighted by atomic mass is 10.0. The lowest BCUT2D eigenvalue weighted by Gasteiger charge is -2.22. The maximum absolute atomic E-state index is 12.3. The van der Waals surface area contributed by atoms with E-state index in [1.807, 2.05) is 0 Å². The third-order valence-electron chi connectivity index (χ3n) is 5.52. The topological polar surface area (TPSA) is 232 Å². The van der Waals surface area contributed by atoms with Crippen LogP contribution < -0.4 is 4.74 Å². The fourth-order valence-electron chi connectivity index (χ4n) is 3.45. The fraction of sp³-hybridized carbons (Fsp3) is 0.148. The number of benzene rings is 3. The van der Waals surface area contributed by atoms with Crippen LogP contribution in [0.2, 0.25) is 0 Å². The van der Waals surface area contributed by atoms with E-state index in [2.05, 4.69) is 0 Å². The Hall–Kier alpha value is -5.43. The summed E-state index contributed by atoms with van der Waals surface area (Å²) in [5.74, 6) is -7.01. The molecule has 3 aromatic rings. The number of aliphatic carboxylic acids is 2. The predicted molar refractivity (Wildman–Crippen MR) is 135 cm³/mol. The summed E-state index contributed by atoms with van der Waals surface area (Å²) >= 11 is 0. The minimum atomic E-state index is -1.96. The zero-order valence-corrected chi connectivity index (χ0v) is 20.4. The summed E-state index contributed by atoms with van der Waals surface area (Å²) in [7, 11) is 0. The molecule has 0 saturated carbocycles. The van der Waals surface area contributed by atoms with Crippen molar-refractivity contribution >= 4 is 24.0 Å². The minimum absolute atomic E-state index is 0.100. The summed E-state index contributed by atoms with van der Waals surface area (Å²) in [5, 5.41) is 77.6. The number of aliphatic hydroxyl groups excluding tert-OH is 1. The number of carboxylic acid groups (broad SMARTS) is 2. The second-order valence-corrected chi connectivity index (χ2v) is 8.42. The fourth-order valence-corrected chi connectivity index (χ4v) is 3.45. The van der Waals surface area contributed by atoms with Gasteiger partial charge in [-0.15, -0.1) is 0 Å². The maximum atomic E-state index is 12.3. The number of ether oxygens (including phenoxy) is 2. The molecule has 0 aliphatic rings. The van der Waals surface area contributed by atoms with Gasteiger partial charge in [-0.1, -0.05) is 18.2 Å². The van der Waals surface area contributed by atoms with E-state index >= 15 is 0 Å². The Bertz CT molecular complexity index is 1450. The highest BCUT2D eigenvalue weighted by atomic mass is 16.6. The summed E-state index contributed by atoms with van der Waals surface area (Å²) in [4.78, 5) is 35.6. The molecule has 0 amide bonds. The molecular weight excluding hydrogens is 532 g/mol. The monoisotopic (exact) mass is 556 g/mol. The van der Waals surface area contributed by atoms with E-state index < -0.39 is 65.0 Å². The van der Waals surface area contributed by atoms with E-state index in [1.165, 1.54) is 24.3 Å². The van der Waals surface area contributed by atoms with Crippen molar-refractivity contribution in [3.8, 4) is 34.5 Å². The number of aromatic hydroxyl groups is 5. The van der Waals surface area contributed by atoms with Crippen LogP contribution in [-0.4, -0.2) is 71.0 Å². The average molecular weight is 556 g/mol. The van der Waals surface area contributed by atoms with Crippen LogP contribution in [0.3, 0.4) is 0 Å². The van der Waals surface area contributed by atoms with E-state index in [4.69, 9.17) is 9.47 Å².